The van der Waals surface area contributed by atoms with Crippen LogP contribution in [0.25, 0.3) is 0 Å². The molecule has 4 aromatic rings. The molecule has 4 aromatic carbocycles. The first-order chi connectivity index (χ1) is 20.2. The lowest BCUT2D eigenvalue weighted by Crippen LogP contribution is -2.31. The summed E-state index contributed by atoms with van der Waals surface area (Å²) in [4.78, 5) is 12.6. The summed E-state index contributed by atoms with van der Waals surface area (Å²) in [7, 11) is -0.723. The van der Waals surface area contributed by atoms with Crippen molar-refractivity contribution in [2.45, 2.75) is 24.8 Å². The quantitative estimate of drug-likeness (QED) is 0.206. The summed E-state index contributed by atoms with van der Waals surface area (Å²) in [6.45, 7) is 2.25. The topological polar surface area (TPSA) is 94.2 Å². The van der Waals surface area contributed by atoms with Crippen LogP contribution >= 0.6 is 11.6 Å². The maximum atomic E-state index is 13.7. The zero-order valence-electron chi connectivity index (χ0n) is 23.7. The number of rotatable bonds is 13. The molecule has 0 aliphatic rings. The van der Waals surface area contributed by atoms with Gasteiger partial charge in [-0.2, -0.15) is 0 Å². The number of hydrogen-bond acceptors (Lipinski definition) is 6. The average Bonchev–Trinajstić information content (AvgIpc) is 3.00. The lowest BCUT2D eigenvalue weighted by Gasteiger charge is -2.25. The minimum absolute atomic E-state index is 0.107. The van der Waals surface area contributed by atoms with E-state index in [0.29, 0.717) is 40.9 Å². The second-order valence-electron chi connectivity index (χ2n) is 9.52. The SMILES string of the molecule is COc1ccc(CCNC(=O)COc2ccc(N(Cc3ccc(Cl)cc3)S(=O)(=O)c3ccc(C)cc3)cc2)cc1OC. The van der Waals surface area contributed by atoms with Gasteiger partial charge in [0.1, 0.15) is 5.75 Å². The number of carbonyl (C=O) groups is 1. The fourth-order valence-electron chi connectivity index (χ4n) is 4.20. The number of amides is 1. The van der Waals surface area contributed by atoms with Gasteiger partial charge >= 0.3 is 0 Å². The molecule has 0 radical (unpaired) electrons. The third kappa shape index (κ3) is 7.96. The first-order valence-corrected chi connectivity index (χ1v) is 15.1. The van der Waals surface area contributed by atoms with Gasteiger partial charge in [0.2, 0.25) is 0 Å². The average molecular weight is 609 g/mol. The van der Waals surface area contributed by atoms with Gasteiger partial charge in [-0.15, -0.1) is 0 Å². The Morgan fingerprint density at radius 1 is 0.833 bits per heavy atom. The Kier molecular flexibility index (Phi) is 10.3. The second kappa shape index (κ2) is 14.1. The van der Waals surface area contributed by atoms with Crippen LogP contribution in [0.15, 0.2) is 95.9 Å². The van der Waals surface area contributed by atoms with E-state index in [2.05, 4.69) is 5.32 Å². The minimum atomic E-state index is -3.88. The van der Waals surface area contributed by atoms with Gasteiger partial charge in [0.15, 0.2) is 18.1 Å². The zero-order chi connectivity index (χ0) is 30.1. The monoisotopic (exact) mass is 608 g/mol. The highest BCUT2D eigenvalue weighted by molar-refractivity contribution is 7.92. The van der Waals surface area contributed by atoms with E-state index in [0.717, 1.165) is 16.7 Å². The van der Waals surface area contributed by atoms with E-state index in [1.165, 1.54) is 4.31 Å². The van der Waals surface area contributed by atoms with Crippen LogP contribution < -0.4 is 23.8 Å². The molecule has 220 valence electrons. The van der Waals surface area contributed by atoms with Crippen molar-refractivity contribution in [2.24, 2.45) is 0 Å². The molecule has 0 atom stereocenters. The van der Waals surface area contributed by atoms with E-state index in [-0.39, 0.29) is 24.0 Å². The molecule has 0 aliphatic heterocycles. The molecule has 0 spiro atoms. The Labute approximate surface area is 251 Å². The van der Waals surface area contributed by atoms with Gasteiger partial charge in [-0.25, -0.2) is 8.42 Å². The number of anilines is 1. The fraction of sp³-hybridized carbons (Fsp3) is 0.219. The van der Waals surface area contributed by atoms with E-state index in [9.17, 15) is 13.2 Å². The molecule has 0 saturated heterocycles. The Morgan fingerprint density at radius 3 is 2.12 bits per heavy atom. The molecule has 0 fully saturated rings. The number of halogens is 1. The standard InChI is InChI=1S/C32H33ClN2O6S/c1-23-4-15-29(16-5-23)42(37,38)35(21-25-6-9-26(33)10-7-25)27-11-13-28(14-12-27)41-22-32(36)34-19-18-24-8-17-30(39-2)31(20-24)40-3/h4-17,20H,18-19,21-22H2,1-3H3,(H,34,36). The largest absolute Gasteiger partial charge is 0.493 e. The molecule has 0 saturated carbocycles. The number of sulfonamides is 1. The Morgan fingerprint density at radius 2 is 1.48 bits per heavy atom. The predicted octanol–water partition coefficient (Wildman–Crippen LogP) is 5.80. The van der Waals surface area contributed by atoms with Crippen LogP contribution in [-0.2, 0) is 27.8 Å². The molecule has 8 nitrogen and oxygen atoms in total. The second-order valence-corrected chi connectivity index (χ2v) is 11.8. The lowest BCUT2D eigenvalue weighted by atomic mass is 10.1. The van der Waals surface area contributed by atoms with E-state index in [1.54, 1.807) is 87.0 Å². The van der Waals surface area contributed by atoms with Crippen molar-refractivity contribution >= 4 is 33.2 Å². The number of hydrogen-bond donors (Lipinski definition) is 1. The molecular formula is C32H33ClN2O6S. The van der Waals surface area contributed by atoms with Crippen molar-refractivity contribution in [1.29, 1.82) is 0 Å². The highest BCUT2D eigenvalue weighted by atomic mass is 35.5. The normalized spacial score (nSPS) is 11.0. The van der Waals surface area contributed by atoms with Crippen molar-refractivity contribution in [3.05, 3.63) is 113 Å². The number of nitrogens with one attached hydrogen (secondary N) is 1. The summed E-state index contributed by atoms with van der Waals surface area (Å²) in [6, 6.07) is 26.0. The summed E-state index contributed by atoms with van der Waals surface area (Å²) in [6.07, 6.45) is 0.611. The van der Waals surface area contributed by atoms with Gasteiger partial charge in [-0.3, -0.25) is 9.10 Å². The molecule has 0 aliphatic carbocycles. The molecule has 1 N–H and O–H groups in total. The molecule has 10 heteroatoms. The van der Waals surface area contributed by atoms with Gasteiger partial charge in [0, 0.05) is 11.6 Å². The number of ether oxygens (including phenoxy) is 3. The van der Waals surface area contributed by atoms with Gasteiger partial charge in [-0.05, 0) is 85.1 Å². The highest BCUT2D eigenvalue weighted by Crippen LogP contribution is 2.29. The fourth-order valence-corrected chi connectivity index (χ4v) is 5.78. The van der Waals surface area contributed by atoms with Crippen LogP contribution in [0.1, 0.15) is 16.7 Å². The first kappa shape index (κ1) is 30.7. The minimum Gasteiger partial charge on any atom is -0.493 e. The third-order valence-corrected chi connectivity index (χ3v) is 8.57. The summed E-state index contributed by atoms with van der Waals surface area (Å²) >= 11 is 6.03. The van der Waals surface area contributed by atoms with Crippen LogP contribution in [0.3, 0.4) is 0 Å². The van der Waals surface area contributed by atoms with E-state index in [1.807, 2.05) is 25.1 Å². The number of benzene rings is 4. The number of aryl methyl sites for hydroxylation is 1. The van der Waals surface area contributed by atoms with Gasteiger partial charge in [-0.1, -0.05) is 47.5 Å². The Balaban J connectivity index is 1.39. The number of carbonyl (C=O) groups excluding carboxylic acids is 1. The maximum Gasteiger partial charge on any atom is 0.264 e. The van der Waals surface area contributed by atoms with Crippen LogP contribution in [0.5, 0.6) is 17.2 Å². The Bertz CT molecular complexity index is 1590. The Hall–Kier alpha value is -4.21. The predicted molar refractivity (Wildman–Crippen MR) is 164 cm³/mol. The van der Waals surface area contributed by atoms with Crippen molar-refractivity contribution in [3.8, 4) is 17.2 Å². The zero-order valence-corrected chi connectivity index (χ0v) is 25.2. The van der Waals surface area contributed by atoms with Crippen molar-refractivity contribution in [2.75, 3.05) is 31.7 Å². The molecule has 0 aromatic heterocycles. The molecule has 42 heavy (non-hydrogen) atoms. The number of methoxy groups -OCH3 is 2. The van der Waals surface area contributed by atoms with Crippen LogP contribution in [0.4, 0.5) is 5.69 Å². The van der Waals surface area contributed by atoms with Gasteiger partial charge < -0.3 is 19.5 Å². The first-order valence-electron chi connectivity index (χ1n) is 13.2. The lowest BCUT2D eigenvalue weighted by molar-refractivity contribution is -0.123. The maximum absolute atomic E-state index is 13.7. The molecule has 0 bridgehead atoms. The summed E-state index contributed by atoms with van der Waals surface area (Å²) in [5, 5.41) is 3.41. The van der Waals surface area contributed by atoms with Crippen LogP contribution in [0.2, 0.25) is 5.02 Å². The summed E-state index contributed by atoms with van der Waals surface area (Å²) in [5.41, 5.74) is 3.19. The number of nitrogens with zero attached hydrogens (tertiary/aromatic N) is 1. The molecule has 0 unspecified atom stereocenters. The summed E-state index contributed by atoms with van der Waals surface area (Å²) < 4.78 is 44.9. The van der Waals surface area contributed by atoms with Crippen LogP contribution in [0, 0.1) is 6.92 Å². The van der Waals surface area contributed by atoms with E-state index >= 15 is 0 Å². The van der Waals surface area contributed by atoms with Gasteiger partial charge in [0.25, 0.3) is 15.9 Å². The smallest absolute Gasteiger partial charge is 0.264 e. The molecule has 1 amide bonds. The van der Waals surface area contributed by atoms with Crippen molar-refractivity contribution < 1.29 is 27.4 Å². The van der Waals surface area contributed by atoms with E-state index in [4.69, 9.17) is 25.8 Å². The third-order valence-electron chi connectivity index (χ3n) is 6.53. The van der Waals surface area contributed by atoms with Crippen molar-refractivity contribution in [3.63, 3.8) is 0 Å². The molecular weight excluding hydrogens is 576 g/mol. The van der Waals surface area contributed by atoms with Crippen molar-refractivity contribution in [1.82, 2.24) is 5.32 Å². The molecule has 0 heterocycles. The summed E-state index contributed by atoms with van der Waals surface area (Å²) in [5.74, 6) is 1.44. The van der Waals surface area contributed by atoms with E-state index < -0.39 is 10.0 Å². The molecule has 4 rings (SSSR count). The highest BCUT2D eigenvalue weighted by Gasteiger charge is 2.25. The van der Waals surface area contributed by atoms with Crippen LogP contribution in [-0.4, -0.2) is 41.7 Å². The van der Waals surface area contributed by atoms with Gasteiger partial charge in [0.05, 0.1) is 31.3 Å².